The number of piperazine rings is 1. The molecule has 2 amide bonds. The van der Waals surface area contributed by atoms with Gasteiger partial charge < -0.3 is 14.5 Å². The Labute approximate surface area is 121 Å². The summed E-state index contributed by atoms with van der Waals surface area (Å²) in [5.41, 5.74) is 0. The van der Waals surface area contributed by atoms with Gasteiger partial charge in [0.1, 0.15) is 17.5 Å². The van der Waals surface area contributed by atoms with E-state index in [0.717, 1.165) is 11.3 Å². The van der Waals surface area contributed by atoms with Crippen LogP contribution in [0.5, 0.6) is 0 Å². The van der Waals surface area contributed by atoms with E-state index in [0.29, 0.717) is 36.0 Å². The maximum atomic E-state index is 12.2. The van der Waals surface area contributed by atoms with Gasteiger partial charge in [-0.25, -0.2) is 0 Å². The summed E-state index contributed by atoms with van der Waals surface area (Å²) in [6, 6.07) is 5.25. The van der Waals surface area contributed by atoms with E-state index >= 15 is 0 Å². The van der Waals surface area contributed by atoms with Gasteiger partial charge in [0.25, 0.3) is 5.91 Å². The average Bonchev–Trinajstić information content (AvgIpc) is 2.94. The standard InChI is InChI=1S/C13H15N3O3S/c1-19-7-6-15-4-5-16(9-12(15)17)13(18)11-3-2-10(8-14)20-11/h2-3H,4-7,9H2,1H3. The molecule has 1 aliphatic rings. The molecule has 1 aromatic rings. The molecular weight excluding hydrogens is 278 g/mol. The zero-order valence-corrected chi connectivity index (χ0v) is 12.0. The maximum Gasteiger partial charge on any atom is 0.264 e. The normalized spacial score (nSPS) is 15.3. The number of ether oxygens (including phenoxy) is 1. The number of methoxy groups -OCH3 is 1. The smallest absolute Gasteiger partial charge is 0.264 e. The highest BCUT2D eigenvalue weighted by atomic mass is 32.1. The SMILES string of the molecule is COCCN1CCN(C(=O)c2ccc(C#N)s2)CC1=O. The molecule has 20 heavy (non-hydrogen) atoms. The Morgan fingerprint density at radius 2 is 2.30 bits per heavy atom. The van der Waals surface area contributed by atoms with E-state index < -0.39 is 0 Å². The molecule has 0 spiro atoms. The van der Waals surface area contributed by atoms with Crippen LogP contribution in [0, 0.1) is 11.3 Å². The molecule has 2 rings (SSSR count). The molecule has 0 N–H and O–H groups in total. The Bertz CT molecular complexity index is 549. The topological polar surface area (TPSA) is 73.6 Å². The van der Waals surface area contributed by atoms with E-state index in [2.05, 4.69) is 0 Å². The van der Waals surface area contributed by atoms with Crippen molar-refractivity contribution in [3.05, 3.63) is 21.9 Å². The molecular formula is C13H15N3O3S. The zero-order valence-electron chi connectivity index (χ0n) is 11.2. The summed E-state index contributed by atoms with van der Waals surface area (Å²) in [6.07, 6.45) is 0. The third kappa shape index (κ3) is 3.15. The van der Waals surface area contributed by atoms with E-state index in [1.165, 1.54) is 4.90 Å². The highest BCUT2D eigenvalue weighted by Crippen LogP contribution is 2.18. The van der Waals surface area contributed by atoms with Crippen LogP contribution in [-0.2, 0) is 9.53 Å². The second-order valence-electron chi connectivity index (χ2n) is 4.38. The fraction of sp³-hybridized carbons (Fsp3) is 0.462. The Morgan fingerprint density at radius 3 is 2.90 bits per heavy atom. The molecule has 0 radical (unpaired) electrons. The van der Waals surface area contributed by atoms with Crippen LogP contribution >= 0.6 is 11.3 Å². The number of rotatable bonds is 4. The van der Waals surface area contributed by atoms with E-state index in [4.69, 9.17) is 10.00 Å². The highest BCUT2D eigenvalue weighted by molar-refractivity contribution is 7.14. The van der Waals surface area contributed by atoms with E-state index in [-0.39, 0.29) is 18.4 Å². The van der Waals surface area contributed by atoms with Crippen LogP contribution in [-0.4, -0.2) is 61.5 Å². The minimum Gasteiger partial charge on any atom is -0.383 e. The first-order chi connectivity index (χ1) is 9.65. The van der Waals surface area contributed by atoms with Gasteiger partial charge in [0.05, 0.1) is 11.5 Å². The van der Waals surface area contributed by atoms with Crippen molar-refractivity contribution in [3.8, 4) is 6.07 Å². The molecule has 1 fully saturated rings. The van der Waals surface area contributed by atoms with E-state index in [1.54, 1.807) is 24.1 Å². The predicted octanol–water partition coefficient (Wildman–Crippen LogP) is 0.551. The van der Waals surface area contributed by atoms with Crippen LogP contribution < -0.4 is 0 Å². The van der Waals surface area contributed by atoms with Gasteiger partial charge in [0, 0.05) is 26.7 Å². The predicted molar refractivity (Wildman–Crippen MR) is 73.4 cm³/mol. The maximum absolute atomic E-state index is 12.2. The summed E-state index contributed by atoms with van der Waals surface area (Å²) < 4.78 is 4.95. The van der Waals surface area contributed by atoms with E-state index in [1.807, 2.05) is 6.07 Å². The molecule has 0 bridgehead atoms. The van der Waals surface area contributed by atoms with Crippen molar-refractivity contribution in [2.24, 2.45) is 0 Å². The van der Waals surface area contributed by atoms with Crippen LogP contribution in [0.2, 0.25) is 0 Å². The zero-order chi connectivity index (χ0) is 14.5. The lowest BCUT2D eigenvalue weighted by molar-refractivity contribution is -0.135. The minimum absolute atomic E-state index is 0.0706. The molecule has 6 nitrogen and oxygen atoms in total. The summed E-state index contributed by atoms with van der Waals surface area (Å²) in [7, 11) is 1.59. The monoisotopic (exact) mass is 293 g/mol. The lowest BCUT2D eigenvalue weighted by atomic mass is 10.3. The molecule has 0 atom stereocenters. The first-order valence-electron chi connectivity index (χ1n) is 6.21. The fourth-order valence-electron chi connectivity index (χ4n) is 1.99. The number of carbonyl (C=O) groups excluding carboxylic acids is 2. The number of hydrogen-bond donors (Lipinski definition) is 0. The number of nitriles is 1. The van der Waals surface area contributed by atoms with Gasteiger partial charge in [-0.3, -0.25) is 9.59 Å². The Kier molecular flexibility index (Phi) is 4.71. The molecule has 0 unspecified atom stereocenters. The van der Waals surface area contributed by atoms with Crippen LogP contribution in [0.15, 0.2) is 12.1 Å². The number of thiophene rings is 1. The molecule has 7 heteroatoms. The van der Waals surface area contributed by atoms with Crippen molar-refractivity contribution >= 4 is 23.2 Å². The summed E-state index contributed by atoms with van der Waals surface area (Å²) in [5.74, 6) is -0.255. The number of carbonyl (C=O) groups is 2. The molecule has 106 valence electrons. The van der Waals surface area contributed by atoms with Crippen molar-refractivity contribution < 1.29 is 14.3 Å². The van der Waals surface area contributed by atoms with Gasteiger partial charge >= 0.3 is 0 Å². The first kappa shape index (κ1) is 14.5. The number of amides is 2. The Balaban J connectivity index is 1.97. The second kappa shape index (κ2) is 6.50. The van der Waals surface area contributed by atoms with Crippen LogP contribution in [0.3, 0.4) is 0 Å². The number of hydrogen-bond acceptors (Lipinski definition) is 5. The largest absolute Gasteiger partial charge is 0.383 e. The lowest BCUT2D eigenvalue weighted by Crippen LogP contribution is -2.52. The molecule has 2 heterocycles. The van der Waals surface area contributed by atoms with Gasteiger partial charge in [0.15, 0.2) is 0 Å². The quantitative estimate of drug-likeness (QED) is 0.812. The minimum atomic E-state index is -0.184. The molecule has 0 aliphatic carbocycles. The van der Waals surface area contributed by atoms with Crippen LogP contribution in [0.1, 0.15) is 14.5 Å². The fourth-order valence-corrected chi connectivity index (χ4v) is 2.76. The van der Waals surface area contributed by atoms with E-state index in [9.17, 15) is 9.59 Å². The first-order valence-corrected chi connectivity index (χ1v) is 7.03. The Morgan fingerprint density at radius 1 is 1.50 bits per heavy atom. The molecule has 1 aliphatic heterocycles. The van der Waals surface area contributed by atoms with Gasteiger partial charge in [-0.1, -0.05) is 0 Å². The molecule has 1 saturated heterocycles. The van der Waals surface area contributed by atoms with Gasteiger partial charge in [-0.05, 0) is 12.1 Å². The lowest BCUT2D eigenvalue weighted by Gasteiger charge is -2.34. The third-order valence-corrected chi connectivity index (χ3v) is 4.08. The van der Waals surface area contributed by atoms with Crippen molar-refractivity contribution in [3.63, 3.8) is 0 Å². The second-order valence-corrected chi connectivity index (χ2v) is 5.46. The Hall–Kier alpha value is -1.91. The summed E-state index contributed by atoms with van der Waals surface area (Å²) >= 11 is 1.15. The molecule has 0 saturated carbocycles. The highest BCUT2D eigenvalue weighted by Gasteiger charge is 2.28. The van der Waals surface area contributed by atoms with Crippen molar-refractivity contribution in [2.75, 3.05) is 39.9 Å². The number of nitrogens with zero attached hydrogens (tertiary/aromatic N) is 3. The van der Waals surface area contributed by atoms with Crippen LogP contribution in [0.25, 0.3) is 0 Å². The summed E-state index contributed by atoms with van der Waals surface area (Å²) in [6.45, 7) is 2.16. The van der Waals surface area contributed by atoms with Crippen molar-refractivity contribution in [2.45, 2.75) is 0 Å². The van der Waals surface area contributed by atoms with Crippen molar-refractivity contribution in [1.82, 2.24) is 9.80 Å². The van der Waals surface area contributed by atoms with Crippen LogP contribution in [0.4, 0.5) is 0 Å². The van der Waals surface area contributed by atoms with Gasteiger partial charge in [0.2, 0.25) is 5.91 Å². The van der Waals surface area contributed by atoms with Crippen molar-refractivity contribution in [1.29, 1.82) is 5.26 Å². The van der Waals surface area contributed by atoms with Gasteiger partial charge in [-0.2, -0.15) is 5.26 Å². The third-order valence-electron chi connectivity index (χ3n) is 3.10. The average molecular weight is 293 g/mol. The van der Waals surface area contributed by atoms with Gasteiger partial charge in [-0.15, -0.1) is 11.3 Å². The molecule has 1 aromatic heterocycles. The molecule has 0 aromatic carbocycles. The summed E-state index contributed by atoms with van der Waals surface area (Å²) in [5, 5.41) is 8.77. The summed E-state index contributed by atoms with van der Waals surface area (Å²) in [4.78, 5) is 28.4.